The number of amides is 2. The Morgan fingerprint density at radius 3 is 2.79 bits per heavy atom. The van der Waals surface area contributed by atoms with E-state index >= 15 is 0 Å². The van der Waals surface area contributed by atoms with Gasteiger partial charge in [-0.15, -0.1) is 6.42 Å². The van der Waals surface area contributed by atoms with Crippen molar-refractivity contribution in [3.63, 3.8) is 0 Å². The van der Waals surface area contributed by atoms with Crippen LogP contribution in [0.3, 0.4) is 0 Å². The summed E-state index contributed by atoms with van der Waals surface area (Å²) in [6, 6.07) is -0.490. The average molecular weight is 196 g/mol. The van der Waals surface area contributed by atoms with Crippen LogP contribution in [0.5, 0.6) is 0 Å². The lowest BCUT2D eigenvalue weighted by Crippen LogP contribution is -2.62. The molecule has 1 fully saturated rings. The lowest BCUT2D eigenvalue weighted by atomic mass is 10.1. The highest BCUT2D eigenvalue weighted by molar-refractivity contribution is 5.90. The highest BCUT2D eigenvalue weighted by Gasteiger charge is 2.31. The van der Waals surface area contributed by atoms with E-state index in [1.807, 2.05) is 0 Å². The molecule has 1 atom stereocenters. The third-order valence-corrected chi connectivity index (χ3v) is 1.78. The van der Waals surface area contributed by atoms with Crippen LogP contribution in [0, 0.1) is 12.3 Å². The van der Waals surface area contributed by atoms with E-state index in [-0.39, 0.29) is 5.91 Å². The van der Waals surface area contributed by atoms with Crippen LogP contribution in [-0.4, -0.2) is 30.2 Å². The van der Waals surface area contributed by atoms with E-state index in [1.54, 1.807) is 13.8 Å². The maximum Gasteiger partial charge on any atom is 0.409 e. The van der Waals surface area contributed by atoms with E-state index in [2.05, 4.69) is 16.6 Å². The number of alkyl carbamates (subject to hydrolysis) is 1. The quantitative estimate of drug-likeness (QED) is 0.467. The summed E-state index contributed by atoms with van der Waals surface area (Å²) in [5, 5.41) is 4.88. The largest absolute Gasteiger partial charge is 0.430 e. The molecule has 5 heteroatoms. The Morgan fingerprint density at radius 2 is 2.43 bits per heavy atom. The van der Waals surface area contributed by atoms with Gasteiger partial charge in [-0.25, -0.2) is 4.79 Å². The Kier molecular flexibility index (Phi) is 2.65. The predicted molar refractivity (Wildman–Crippen MR) is 49.3 cm³/mol. The van der Waals surface area contributed by atoms with Crippen molar-refractivity contribution in [2.75, 3.05) is 6.54 Å². The lowest BCUT2D eigenvalue weighted by Gasteiger charge is -2.27. The maximum atomic E-state index is 11.2. The first-order valence-electron chi connectivity index (χ1n) is 4.19. The van der Waals surface area contributed by atoms with Gasteiger partial charge in [0, 0.05) is 6.54 Å². The Bertz CT molecular complexity index is 304. The first kappa shape index (κ1) is 10.4. The second kappa shape index (κ2) is 3.58. The molecule has 0 bridgehead atoms. The molecule has 0 aromatic heterocycles. The summed E-state index contributed by atoms with van der Waals surface area (Å²) in [5.74, 6) is 2.10. The zero-order valence-electron chi connectivity index (χ0n) is 8.09. The van der Waals surface area contributed by atoms with Gasteiger partial charge in [0.05, 0.1) is 0 Å². The predicted octanol–water partition coefficient (Wildman–Crippen LogP) is -0.377. The van der Waals surface area contributed by atoms with Gasteiger partial charge in [-0.05, 0) is 13.8 Å². The van der Waals surface area contributed by atoms with Gasteiger partial charge in [-0.1, -0.05) is 5.92 Å². The monoisotopic (exact) mass is 196 g/mol. The van der Waals surface area contributed by atoms with Crippen LogP contribution >= 0.6 is 0 Å². The minimum Gasteiger partial charge on any atom is -0.430 e. The van der Waals surface area contributed by atoms with Gasteiger partial charge in [-0.2, -0.15) is 0 Å². The molecule has 1 heterocycles. The Labute approximate surface area is 82.2 Å². The second-order valence-electron chi connectivity index (χ2n) is 3.49. The topological polar surface area (TPSA) is 67.4 Å². The molecular formula is C9H12N2O3. The van der Waals surface area contributed by atoms with E-state index in [1.165, 1.54) is 0 Å². The van der Waals surface area contributed by atoms with Crippen molar-refractivity contribution in [1.29, 1.82) is 0 Å². The number of ether oxygens (including phenoxy) is 1. The van der Waals surface area contributed by atoms with Crippen LogP contribution < -0.4 is 10.6 Å². The van der Waals surface area contributed by atoms with E-state index in [9.17, 15) is 9.59 Å². The SMILES string of the molecule is C#CC(C)(C)OC(=O)NC1CNC1=O. The number of terminal acetylenes is 1. The molecular weight excluding hydrogens is 184 g/mol. The molecule has 0 aromatic rings. The number of nitrogens with one attached hydrogen (secondary N) is 2. The molecule has 0 aromatic carbocycles. The number of rotatable bonds is 2. The van der Waals surface area contributed by atoms with Gasteiger partial charge in [0.15, 0.2) is 5.60 Å². The van der Waals surface area contributed by atoms with Gasteiger partial charge >= 0.3 is 6.09 Å². The van der Waals surface area contributed by atoms with Crippen LogP contribution in [0.1, 0.15) is 13.8 Å². The van der Waals surface area contributed by atoms with Crippen molar-refractivity contribution in [3.05, 3.63) is 0 Å². The van der Waals surface area contributed by atoms with Crippen molar-refractivity contribution in [2.24, 2.45) is 0 Å². The number of carbonyl (C=O) groups is 2. The molecule has 2 amide bonds. The molecule has 1 unspecified atom stereocenters. The molecule has 0 radical (unpaired) electrons. The molecule has 0 spiro atoms. The highest BCUT2D eigenvalue weighted by atomic mass is 16.6. The minimum atomic E-state index is -0.954. The maximum absolute atomic E-state index is 11.2. The zero-order chi connectivity index (χ0) is 10.8. The molecule has 1 aliphatic rings. The van der Waals surface area contributed by atoms with Crippen molar-refractivity contribution >= 4 is 12.0 Å². The minimum absolute atomic E-state index is 0.208. The number of β-lactam (4-membered cyclic amide) rings is 1. The number of carbonyl (C=O) groups excluding carboxylic acids is 2. The van der Waals surface area contributed by atoms with E-state index < -0.39 is 17.7 Å². The van der Waals surface area contributed by atoms with Crippen LogP contribution in [0.4, 0.5) is 4.79 Å². The fraction of sp³-hybridized carbons (Fsp3) is 0.556. The van der Waals surface area contributed by atoms with Crippen molar-refractivity contribution < 1.29 is 14.3 Å². The van der Waals surface area contributed by atoms with Crippen LogP contribution in [-0.2, 0) is 9.53 Å². The van der Waals surface area contributed by atoms with E-state index in [0.717, 1.165) is 0 Å². The summed E-state index contributed by atoms with van der Waals surface area (Å²) in [6.45, 7) is 3.62. The fourth-order valence-electron chi connectivity index (χ4n) is 0.837. The van der Waals surface area contributed by atoms with Crippen LogP contribution in [0.2, 0.25) is 0 Å². The van der Waals surface area contributed by atoms with Gasteiger partial charge < -0.3 is 15.4 Å². The first-order chi connectivity index (χ1) is 6.44. The zero-order valence-corrected chi connectivity index (χ0v) is 8.09. The highest BCUT2D eigenvalue weighted by Crippen LogP contribution is 2.07. The van der Waals surface area contributed by atoms with Crippen molar-refractivity contribution in [2.45, 2.75) is 25.5 Å². The smallest absolute Gasteiger partial charge is 0.409 e. The molecule has 0 saturated carbocycles. The molecule has 1 rings (SSSR count). The summed E-state index contributed by atoms with van der Waals surface area (Å²) in [4.78, 5) is 21.9. The summed E-state index contributed by atoms with van der Waals surface area (Å²) in [6.07, 6.45) is 4.45. The van der Waals surface area contributed by atoms with Crippen molar-refractivity contribution in [3.8, 4) is 12.3 Å². The molecule has 76 valence electrons. The second-order valence-corrected chi connectivity index (χ2v) is 3.49. The lowest BCUT2D eigenvalue weighted by molar-refractivity contribution is -0.128. The summed E-state index contributed by atoms with van der Waals surface area (Å²) < 4.78 is 4.88. The van der Waals surface area contributed by atoms with Crippen LogP contribution in [0.25, 0.3) is 0 Å². The molecule has 2 N–H and O–H groups in total. The number of hydrogen-bond acceptors (Lipinski definition) is 3. The standard InChI is InChI=1S/C9H12N2O3/c1-4-9(2,3)14-8(13)11-6-5-10-7(6)12/h1,6H,5H2,2-3H3,(H,10,12)(H,11,13). The first-order valence-corrected chi connectivity index (χ1v) is 4.19. The molecule has 5 nitrogen and oxygen atoms in total. The van der Waals surface area contributed by atoms with E-state index in [0.29, 0.717) is 6.54 Å². The summed E-state index contributed by atoms with van der Waals surface area (Å²) >= 11 is 0. The van der Waals surface area contributed by atoms with Crippen molar-refractivity contribution in [1.82, 2.24) is 10.6 Å². The summed E-state index contributed by atoms with van der Waals surface area (Å²) in [7, 11) is 0. The van der Waals surface area contributed by atoms with Crippen LogP contribution in [0.15, 0.2) is 0 Å². The normalized spacial score (nSPS) is 20.1. The third-order valence-electron chi connectivity index (χ3n) is 1.78. The van der Waals surface area contributed by atoms with Gasteiger partial charge in [0.1, 0.15) is 6.04 Å². The molecule has 0 aliphatic carbocycles. The molecule has 1 saturated heterocycles. The van der Waals surface area contributed by atoms with E-state index in [4.69, 9.17) is 11.2 Å². The average Bonchev–Trinajstić information content (AvgIpc) is 2.11. The Morgan fingerprint density at radius 1 is 1.79 bits per heavy atom. The third kappa shape index (κ3) is 2.39. The molecule has 14 heavy (non-hydrogen) atoms. The van der Waals surface area contributed by atoms with Gasteiger partial charge in [0.2, 0.25) is 5.91 Å². The summed E-state index contributed by atoms with van der Waals surface area (Å²) in [5.41, 5.74) is -0.954. The number of hydrogen-bond donors (Lipinski definition) is 2. The fourth-order valence-corrected chi connectivity index (χ4v) is 0.837. The van der Waals surface area contributed by atoms with Gasteiger partial charge in [-0.3, -0.25) is 4.79 Å². The van der Waals surface area contributed by atoms with Gasteiger partial charge in [0.25, 0.3) is 0 Å². The molecule has 1 aliphatic heterocycles. The Hall–Kier alpha value is -1.70. The Balaban J connectivity index is 2.37.